The van der Waals surface area contributed by atoms with Crippen molar-refractivity contribution in [1.82, 2.24) is 9.80 Å². The molecule has 1 saturated heterocycles. The smallest absolute Gasteiger partial charge is 0.119 e. The molecule has 4 rings (SSSR count). The average Bonchev–Trinajstić information content (AvgIpc) is 3.07. The molecular formula is C23H36N2O. The van der Waals surface area contributed by atoms with Gasteiger partial charge in [-0.15, -0.1) is 0 Å². The van der Waals surface area contributed by atoms with Gasteiger partial charge in [-0.05, 0) is 81.3 Å². The fourth-order valence-corrected chi connectivity index (χ4v) is 5.23. The Morgan fingerprint density at radius 2 is 1.88 bits per heavy atom. The summed E-state index contributed by atoms with van der Waals surface area (Å²) in [5, 5.41) is 0. The van der Waals surface area contributed by atoms with Crippen LogP contribution in [0.1, 0.15) is 62.5 Å². The second kappa shape index (κ2) is 8.75. The molecule has 1 aromatic carbocycles. The molecule has 144 valence electrons. The van der Waals surface area contributed by atoms with Crippen LogP contribution in [0.15, 0.2) is 18.2 Å². The summed E-state index contributed by atoms with van der Waals surface area (Å²) in [6, 6.07) is 7.54. The van der Waals surface area contributed by atoms with Crippen molar-refractivity contribution < 1.29 is 4.74 Å². The molecule has 0 unspecified atom stereocenters. The van der Waals surface area contributed by atoms with E-state index in [4.69, 9.17) is 4.74 Å². The third kappa shape index (κ3) is 4.61. The zero-order valence-corrected chi connectivity index (χ0v) is 16.6. The van der Waals surface area contributed by atoms with Crippen LogP contribution in [0.25, 0.3) is 0 Å². The summed E-state index contributed by atoms with van der Waals surface area (Å²) in [4.78, 5) is 5.18. The lowest BCUT2D eigenvalue weighted by Gasteiger charge is -2.33. The second-order valence-corrected chi connectivity index (χ2v) is 8.83. The molecule has 2 aliphatic heterocycles. The Balaban J connectivity index is 1.29. The van der Waals surface area contributed by atoms with E-state index in [-0.39, 0.29) is 0 Å². The quantitative estimate of drug-likeness (QED) is 0.747. The zero-order valence-electron chi connectivity index (χ0n) is 16.6. The fourth-order valence-electron chi connectivity index (χ4n) is 5.23. The molecule has 1 aliphatic carbocycles. The molecular weight excluding hydrogens is 320 g/mol. The lowest BCUT2D eigenvalue weighted by Crippen LogP contribution is -2.35. The van der Waals surface area contributed by atoms with E-state index in [0.29, 0.717) is 0 Å². The molecule has 0 bridgehead atoms. The first-order valence-electron chi connectivity index (χ1n) is 10.9. The summed E-state index contributed by atoms with van der Waals surface area (Å²) in [6.45, 7) is 5.75. The van der Waals surface area contributed by atoms with Gasteiger partial charge in [-0.3, -0.25) is 4.90 Å². The minimum Gasteiger partial charge on any atom is -0.494 e. The average molecular weight is 357 g/mol. The monoisotopic (exact) mass is 356 g/mol. The van der Waals surface area contributed by atoms with E-state index in [1.54, 1.807) is 0 Å². The molecule has 1 saturated carbocycles. The molecule has 1 atom stereocenters. The number of ether oxygens (including phenoxy) is 1. The van der Waals surface area contributed by atoms with Crippen molar-refractivity contribution in [2.45, 2.75) is 70.4 Å². The number of likely N-dealkylation sites (tertiary alicyclic amines) is 1. The van der Waals surface area contributed by atoms with Gasteiger partial charge in [0.25, 0.3) is 0 Å². The zero-order chi connectivity index (χ0) is 17.8. The largest absolute Gasteiger partial charge is 0.494 e. The van der Waals surface area contributed by atoms with Crippen LogP contribution < -0.4 is 4.74 Å². The highest BCUT2D eigenvalue weighted by Crippen LogP contribution is 2.28. The van der Waals surface area contributed by atoms with Gasteiger partial charge in [-0.1, -0.05) is 25.3 Å². The van der Waals surface area contributed by atoms with Gasteiger partial charge in [0.1, 0.15) is 5.75 Å². The summed E-state index contributed by atoms with van der Waals surface area (Å²) in [6.07, 6.45) is 12.3. The van der Waals surface area contributed by atoms with E-state index in [9.17, 15) is 0 Å². The number of nitrogens with zero attached hydrogens (tertiary/aromatic N) is 2. The van der Waals surface area contributed by atoms with Gasteiger partial charge in [0, 0.05) is 25.7 Å². The maximum atomic E-state index is 6.12. The minimum atomic E-state index is 0.721. The highest BCUT2D eigenvalue weighted by atomic mass is 16.5. The summed E-state index contributed by atoms with van der Waals surface area (Å²) in [7, 11) is 2.25. The summed E-state index contributed by atoms with van der Waals surface area (Å²) in [5.41, 5.74) is 3.04. The van der Waals surface area contributed by atoms with Gasteiger partial charge in [-0.2, -0.15) is 0 Å². The lowest BCUT2D eigenvalue weighted by atomic mass is 9.88. The van der Waals surface area contributed by atoms with Gasteiger partial charge < -0.3 is 9.64 Å². The van der Waals surface area contributed by atoms with Gasteiger partial charge in [0.2, 0.25) is 0 Å². The van der Waals surface area contributed by atoms with Crippen molar-refractivity contribution >= 4 is 0 Å². The van der Waals surface area contributed by atoms with Crippen LogP contribution in [0, 0.1) is 5.92 Å². The normalized spacial score (nSPS) is 25.3. The van der Waals surface area contributed by atoms with Crippen molar-refractivity contribution in [3.8, 4) is 5.75 Å². The third-order valence-corrected chi connectivity index (χ3v) is 6.90. The Labute approximate surface area is 159 Å². The molecule has 3 heteroatoms. The van der Waals surface area contributed by atoms with Crippen molar-refractivity contribution in [3.63, 3.8) is 0 Å². The fraction of sp³-hybridized carbons (Fsp3) is 0.739. The molecule has 0 N–H and O–H groups in total. The number of rotatable bonds is 6. The first kappa shape index (κ1) is 18.3. The Kier molecular flexibility index (Phi) is 6.16. The standard InChI is InChI=1S/C23H36N2O/c1-24-13-5-8-22(24)12-15-26-23-10-9-20-11-14-25(18-21(20)16-23)17-19-6-3-2-4-7-19/h9-10,16,19,22H,2-8,11-15,17-18H2,1H3/t22-/m0/s1. The molecule has 3 aliphatic rings. The van der Waals surface area contributed by atoms with E-state index in [2.05, 4.69) is 35.0 Å². The molecule has 1 aromatic rings. The van der Waals surface area contributed by atoms with Crippen LogP contribution in [0.4, 0.5) is 0 Å². The van der Waals surface area contributed by atoms with Gasteiger partial charge >= 0.3 is 0 Å². The number of fused-ring (bicyclic) bond motifs is 1. The molecule has 0 spiro atoms. The predicted octanol–water partition coefficient (Wildman–Crippen LogP) is 4.49. The SMILES string of the molecule is CN1CCC[C@H]1CCOc1ccc2c(c1)CN(CC1CCCCC1)CC2. The van der Waals surface area contributed by atoms with E-state index >= 15 is 0 Å². The topological polar surface area (TPSA) is 15.7 Å². The Hall–Kier alpha value is -1.06. The molecule has 0 aromatic heterocycles. The molecule has 0 amide bonds. The van der Waals surface area contributed by atoms with Crippen molar-refractivity contribution in [2.75, 3.05) is 33.3 Å². The van der Waals surface area contributed by atoms with Gasteiger partial charge in [-0.25, -0.2) is 0 Å². The van der Waals surface area contributed by atoms with Crippen molar-refractivity contribution in [3.05, 3.63) is 29.3 Å². The summed E-state index contributed by atoms with van der Waals surface area (Å²) in [5.74, 6) is 2.01. The van der Waals surface area contributed by atoms with E-state index in [0.717, 1.165) is 37.3 Å². The number of hydrogen-bond acceptors (Lipinski definition) is 3. The molecule has 2 heterocycles. The number of benzene rings is 1. The van der Waals surface area contributed by atoms with Crippen LogP contribution >= 0.6 is 0 Å². The minimum absolute atomic E-state index is 0.721. The Morgan fingerprint density at radius 3 is 2.69 bits per heavy atom. The van der Waals surface area contributed by atoms with Crippen molar-refractivity contribution in [2.24, 2.45) is 5.92 Å². The Morgan fingerprint density at radius 1 is 1.00 bits per heavy atom. The maximum Gasteiger partial charge on any atom is 0.119 e. The first-order valence-corrected chi connectivity index (χ1v) is 10.9. The highest BCUT2D eigenvalue weighted by Gasteiger charge is 2.22. The van der Waals surface area contributed by atoms with Crippen molar-refractivity contribution in [1.29, 1.82) is 0 Å². The van der Waals surface area contributed by atoms with Crippen LogP contribution in [0.2, 0.25) is 0 Å². The summed E-state index contributed by atoms with van der Waals surface area (Å²) < 4.78 is 6.12. The van der Waals surface area contributed by atoms with E-state index in [1.807, 2.05) is 0 Å². The highest BCUT2D eigenvalue weighted by molar-refractivity contribution is 5.37. The van der Waals surface area contributed by atoms with Gasteiger partial charge in [0.15, 0.2) is 0 Å². The number of hydrogen-bond donors (Lipinski definition) is 0. The molecule has 0 radical (unpaired) electrons. The first-order chi connectivity index (χ1) is 12.8. The molecule has 26 heavy (non-hydrogen) atoms. The van der Waals surface area contributed by atoms with Crippen LogP contribution in [-0.4, -0.2) is 49.1 Å². The van der Waals surface area contributed by atoms with Crippen LogP contribution in [0.3, 0.4) is 0 Å². The predicted molar refractivity (Wildman–Crippen MR) is 108 cm³/mol. The lowest BCUT2D eigenvalue weighted by molar-refractivity contribution is 0.186. The van der Waals surface area contributed by atoms with Gasteiger partial charge in [0.05, 0.1) is 6.61 Å². The summed E-state index contributed by atoms with van der Waals surface area (Å²) >= 11 is 0. The van der Waals surface area contributed by atoms with Crippen LogP contribution in [-0.2, 0) is 13.0 Å². The molecule has 3 nitrogen and oxygen atoms in total. The third-order valence-electron chi connectivity index (χ3n) is 6.90. The van der Waals surface area contributed by atoms with E-state index in [1.165, 1.54) is 82.1 Å². The van der Waals surface area contributed by atoms with E-state index < -0.39 is 0 Å². The molecule has 2 fully saturated rings. The maximum absolute atomic E-state index is 6.12. The Bertz CT molecular complexity index is 582. The van der Waals surface area contributed by atoms with Crippen LogP contribution in [0.5, 0.6) is 5.75 Å². The second-order valence-electron chi connectivity index (χ2n) is 8.83.